The fraction of sp³-hybridized carbons (Fsp3) is 0.611. The smallest absolute Gasteiger partial charge is 0.223 e. The third-order valence-corrected chi connectivity index (χ3v) is 4.97. The topological polar surface area (TPSA) is 41.1 Å². The summed E-state index contributed by atoms with van der Waals surface area (Å²) in [6.45, 7) is 3.11. The third kappa shape index (κ3) is 3.85. The molecule has 114 valence electrons. The summed E-state index contributed by atoms with van der Waals surface area (Å²) in [6.07, 6.45) is 6.64. The molecule has 3 heteroatoms. The van der Waals surface area contributed by atoms with E-state index in [0.29, 0.717) is 0 Å². The number of hydrogen-bond acceptors (Lipinski definition) is 2. The Labute approximate surface area is 127 Å². The summed E-state index contributed by atoms with van der Waals surface area (Å²) >= 11 is 0. The van der Waals surface area contributed by atoms with Crippen LogP contribution in [0.2, 0.25) is 0 Å². The predicted octanol–water partition coefficient (Wildman–Crippen LogP) is 2.30. The van der Waals surface area contributed by atoms with Crippen LogP contribution in [0.25, 0.3) is 0 Å². The molecule has 0 bridgehead atoms. The van der Waals surface area contributed by atoms with Crippen LogP contribution < -0.4 is 10.6 Å². The number of amides is 1. The molecule has 1 aromatic rings. The van der Waals surface area contributed by atoms with Crippen LogP contribution in [0.15, 0.2) is 24.3 Å². The van der Waals surface area contributed by atoms with Gasteiger partial charge in [-0.15, -0.1) is 0 Å². The number of fused-ring (bicyclic) bond motifs is 1. The molecule has 1 heterocycles. The highest BCUT2D eigenvalue weighted by atomic mass is 16.1. The maximum atomic E-state index is 12.3. The highest BCUT2D eigenvalue weighted by Crippen LogP contribution is 2.25. The Bertz CT molecular complexity index is 480. The molecule has 2 atom stereocenters. The number of rotatable bonds is 4. The van der Waals surface area contributed by atoms with E-state index in [4.69, 9.17) is 0 Å². The van der Waals surface area contributed by atoms with Crippen LogP contribution in [-0.4, -0.2) is 25.5 Å². The van der Waals surface area contributed by atoms with E-state index in [-0.39, 0.29) is 11.8 Å². The van der Waals surface area contributed by atoms with Gasteiger partial charge in [-0.2, -0.15) is 0 Å². The first-order valence-corrected chi connectivity index (χ1v) is 8.38. The molecule has 1 aromatic carbocycles. The van der Waals surface area contributed by atoms with E-state index < -0.39 is 0 Å². The Morgan fingerprint density at radius 1 is 1.24 bits per heavy atom. The first-order chi connectivity index (χ1) is 10.3. The summed E-state index contributed by atoms with van der Waals surface area (Å²) in [4.78, 5) is 12.3. The molecule has 1 aliphatic carbocycles. The lowest BCUT2D eigenvalue weighted by atomic mass is 9.83. The minimum Gasteiger partial charge on any atom is -0.356 e. The van der Waals surface area contributed by atoms with Crippen LogP contribution in [-0.2, 0) is 17.6 Å². The zero-order valence-electron chi connectivity index (χ0n) is 12.7. The zero-order chi connectivity index (χ0) is 14.5. The van der Waals surface area contributed by atoms with Crippen LogP contribution in [0.3, 0.4) is 0 Å². The average molecular weight is 286 g/mol. The second kappa shape index (κ2) is 7.08. The standard InChI is InChI=1S/C18H26N2O/c21-18(20-11-9-14-4-3-10-19-13-14)17-8-7-15-5-1-2-6-16(15)12-17/h1-2,5-6,14,17,19H,3-4,7-13H2,(H,20,21). The van der Waals surface area contributed by atoms with Crippen molar-refractivity contribution in [3.63, 3.8) is 0 Å². The molecular weight excluding hydrogens is 260 g/mol. The normalized spacial score (nSPS) is 25.1. The van der Waals surface area contributed by atoms with Gasteiger partial charge in [-0.1, -0.05) is 24.3 Å². The van der Waals surface area contributed by atoms with Crippen LogP contribution in [0.5, 0.6) is 0 Å². The summed E-state index contributed by atoms with van der Waals surface area (Å²) in [5.74, 6) is 1.17. The van der Waals surface area contributed by atoms with Gasteiger partial charge in [0.25, 0.3) is 0 Å². The number of nitrogens with one attached hydrogen (secondary N) is 2. The number of benzene rings is 1. The molecule has 1 aliphatic heterocycles. The first kappa shape index (κ1) is 14.6. The van der Waals surface area contributed by atoms with Gasteiger partial charge in [0.05, 0.1) is 0 Å². The summed E-state index contributed by atoms with van der Waals surface area (Å²) in [7, 11) is 0. The monoisotopic (exact) mass is 286 g/mol. The van der Waals surface area contributed by atoms with Crippen molar-refractivity contribution in [1.82, 2.24) is 10.6 Å². The van der Waals surface area contributed by atoms with Crippen LogP contribution in [0.1, 0.15) is 36.8 Å². The van der Waals surface area contributed by atoms with Crippen molar-refractivity contribution in [1.29, 1.82) is 0 Å². The molecule has 0 radical (unpaired) electrons. The molecule has 3 rings (SSSR count). The van der Waals surface area contributed by atoms with Crippen molar-refractivity contribution in [3.05, 3.63) is 35.4 Å². The van der Waals surface area contributed by atoms with E-state index in [0.717, 1.165) is 51.2 Å². The minimum atomic E-state index is 0.171. The van der Waals surface area contributed by atoms with E-state index in [1.807, 2.05) is 0 Å². The molecule has 0 spiro atoms. The fourth-order valence-electron chi connectivity index (χ4n) is 3.64. The summed E-state index contributed by atoms with van der Waals surface area (Å²) in [6, 6.07) is 8.54. The number of carbonyl (C=O) groups is 1. The van der Waals surface area contributed by atoms with Crippen molar-refractivity contribution in [2.75, 3.05) is 19.6 Å². The van der Waals surface area contributed by atoms with Crippen molar-refractivity contribution in [2.24, 2.45) is 11.8 Å². The molecule has 3 nitrogen and oxygen atoms in total. The molecule has 2 aliphatic rings. The molecule has 2 N–H and O–H groups in total. The van der Waals surface area contributed by atoms with Gasteiger partial charge in [0.15, 0.2) is 0 Å². The van der Waals surface area contributed by atoms with E-state index in [9.17, 15) is 4.79 Å². The third-order valence-electron chi connectivity index (χ3n) is 4.97. The maximum absolute atomic E-state index is 12.3. The lowest BCUT2D eigenvalue weighted by Crippen LogP contribution is -2.37. The van der Waals surface area contributed by atoms with E-state index >= 15 is 0 Å². The molecule has 1 fully saturated rings. The lowest BCUT2D eigenvalue weighted by Gasteiger charge is -2.25. The van der Waals surface area contributed by atoms with Gasteiger partial charge in [0.2, 0.25) is 5.91 Å². The number of hydrogen-bond donors (Lipinski definition) is 2. The van der Waals surface area contributed by atoms with Gasteiger partial charge in [0, 0.05) is 12.5 Å². The molecule has 0 aromatic heterocycles. The number of aryl methyl sites for hydroxylation is 1. The van der Waals surface area contributed by atoms with Gasteiger partial charge < -0.3 is 10.6 Å². The Balaban J connectivity index is 1.44. The second-order valence-corrected chi connectivity index (χ2v) is 6.50. The largest absolute Gasteiger partial charge is 0.356 e. The van der Waals surface area contributed by atoms with E-state index in [1.165, 1.54) is 24.0 Å². The second-order valence-electron chi connectivity index (χ2n) is 6.50. The van der Waals surface area contributed by atoms with Crippen molar-refractivity contribution >= 4 is 5.91 Å². The molecule has 0 saturated carbocycles. The Morgan fingerprint density at radius 3 is 2.90 bits per heavy atom. The Kier molecular flexibility index (Phi) is 4.91. The van der Waals surface area contributed by atoms with Crippen LogP contribution in [0, 0.1) is 11.8 Å². The molecule has 21 heavy (non-hydrogen) atoms. The summed E-state index contributed by atoms with van der Waals surface area (Å²) in [5.41, 5.74) is 2.79. The van der Waals surface area contributed by atoms with Gasteiger partial charge in [-0.25, -0.2) is 0 Å². The van der Waals surface area contributed by atoms with Crippen LogP contribution in [0.4, 0.5) is 0 Å². The van der Waals surface area contributed by atoms with Crippen molar-refractivity contribution in [2.45, 2.75) is 38.5 Å². The molecule has 1 amide bonds. The lowest BCUT2D eigenvalue weighted by molar-refractivity contribution is -0.125. The Hall–Kier alpha value is -1.35. The summed E-state index contributed by atoms with van der Waals surface area (Å²) < 4.78 is 0. The van der Waals surface area contributed by atoms with E-state index in [2.05, 4.69) is 34.9 Å². The van der Waals surface area contributed by atoms with Gasteiger partial charge >= 0.3 is 0 Å². The molecule has 1 saturated heterocycles. The quantitative estimate of drug-likeness (QED) is 0.891. The zero-order valence-corrected chi connectivity index (χ0v) is 12.7. The summed E-state index contributed by atoms with van der Waals surface area (Å²) in [5, 5.41) is 6.60. The van der Waals surface area contributed by atoms with Gasteiger partial charge in [0.1, 0.15) is 0 Å². The first-order valence-electron chi connectivity index (χ1n) is 8.38. The van der Waals surface area contributed by atoms with Crippen molar-refractivity contribution < 1.29 is 4.79 Å². The highest BCUT2D eigenvalue weighted by Gasteiger charge is 2.24. The predicted molar refractivity (Wildman–Crippen MR) is 85.2 cm³/mol. The number of carbonyl (C=O) groups excluding carboxylic acids is 1. The fourth-order valence-corrected chi connectivity index (χ4v) is 3.64. The van der Waals surface area contributed by atoms with Gasteiger partial charge in [-0.3, -0.25) is 4.79 Å². The highest BCUT2D eigenvalue weighted by molar-refractivity contribution is 5.79. The SMILES string of the molecule is O=C(NCCC1CCCNC1)C1CCc2ccccc2C1. The average Bonchev–Trinajstić information content (AvgIpc) is 2.55. The molecule has 2 unspecified atom stereocenters. The number of piperidine rings is 1. The minimum absolute atomic E-state index is 0.171. The molecular formula is C18H26N2O. The maximum Gasteiger partial charge on any atom is 0.223 e. The van der Waals surface area contributed by atoms with E-state index in [1.54, 1.807) is 0 Å². The van der Waals surface area contributed by atoms with Crippen molar-refractivity contribution in [3.8, 4) is 0 Å². The van der Waals surface area contributed by atoms with Gasteiger partial charge in [-0.05, 0) is 68.7 Å². The Morgan fingerprint density at radius 2 is 2.10 bits per heavy atom. The van der Waals surface area contributed by atoms with Crippen LogP contribution >= 0.6 is 0 Å².